The summed E-state index contributed by atoms with van der Waals surface area (Å²) in [5.41, 5.74) is 2.00. The molecule has 0 radical (unpaired) electrons. The van der Waals surface area contributed by atoms with Crippen LogP contribution in [0.5, 0.6) is 5.75 Å². The van der Waals surface area contributed by atoms with Crippen molar-refractivity contribution in [3.63, 3.8) is 0 Å². The molecule has 0 aromatic heterocycles. The van der Waals surface area contributed by atoms with Crippen molar-refractivity contribution >= 4 is 11.6 Å². The smallest absolute Gasteiger partial charge is 0.250 e. The first-order valence-corrected chi connectivity index (χ1v) is 6.47. The second kappa shape index (κ2) is 7.59. The monoisotopic (exact) mass is 263 g/mol. The lowest BCUT2D eigenvalue weighted by molar-refractivity contribution is -0.112. The van der Waals surface area contributed by atoms with E-state index in [1.165, 1.54) is 0 Å². The van der Waals surface area contributed by atoms with E-state index in [2.05, 4.69) is 5.32 Å². The minimum Gasteiger partial charge on any atom is -0.494 e. The standard InChI is InChI=1S/C15H21NO3/c1-4-6-11(3)15(18)16-13-7-8-14(19-5-2)12(9-13)10-17/h6-9,17H,4-5,10H2,1-3H3,(H,16,18)/b11-6+. The SMILES string of the molecule is CC/C=C(\C)C(=O)Nc1ccc(OCC)c(CO)c1. The van der Waals surface area contributed by atoms with E-state index in [0.717, 1.165) is 6.42 Å². The maximum atomic E-state index is 11.8. The van der Waals surface area contributed by atoms with Crippen LogP contribution in [0.1, 0.15) is 32.8 Å². The van der Waals surface area contributed by atoms with E-state index in [0.29, 0.717) is 29.2 Å². The Morgan fingerprint density at radius 2 is 2.16 bits per heavy atom. The van der Waals surface area contributed by atoms with Gasteiger partial charge in [0.2, 0.25) is 0 Å². The van der Waals surface area contributed by atoms with E-state index < -0.39 is 0 Å². The molecule has 2 N–H and O–H groups in total. The molecule has 0 spiro atoms. The van der Waals surface area contributed by atoms with Crippen LogP contribution in [-0.4, -0.2) is 17.6 Å². The van der Waals surface area contributed by atoms with Crippen molar-refractivity contribution in [1.82, 2.24) is 0 Å². The summed E-state index contributed by atoms with van der Waals surface area (Å²) in [7, 11) is 0. The lowest BCUT2D eigenvalue weighted by Crippen LogP contribution is -2.13. The van der Waals surface area contributed by atoms with Crippen molar-refractivity contribution in [2.75, 3.05) is 11.9 Å². The largest absolute Gasteiger partial charge is 0.494 e. The van der Waals surface area contributed by atoms with Crippen LogP contribution in [-0.2, 0) is 11.4 Å². The van der Waals surface area contributed by atoms with Gasteiger partial charge in [-0.15, -0.1) is 0 Å². The minimum absolute atomic E-state index is 0.122. The number of aliphatic hydroxyl groups is 1. The normalized spacial score (nSPS) is 11.3. The van der Waals surface area contributed by atoms with Crippen LogP contribution in [0, 0.1) is 0 Å². The third-order valence-corrected chi connectivity index (χ3v) is 2.66. The third kappa shape index (κ3) is 4.41. The molecular weight excluding hydrogens is 242 g/mol. The zero-order valence-electron chi connectivity index (χ0n) is 11.7. The molecule has 1 rings (SSSR count). The Kier molecular flexibility index (Phi) is 6.09. The number of benzene rings is 1. The van der Waals surface area contributed by atoms with Crippen LogP contribution in [0.25, 0.3) is 0 Å². The van der Waals surface area contributed by atoms with Crippen LogP contribution in [0.4, 0.5) is 5.69 Å². The third-order valence-electron chi connectivity index (χ3n) is 2.66. The number of nitrogens with one attached hydrogen (secondary N) is 1. The average molecular weight is 263 g/mol. The van der Waals surface area contributed by atoms with Gasteiger partial charge in [-0.25, -0.2) is 0 Å². The second-order valence-corrected chi connectivity index (χ2v) is 4.16. The summed E-state index contributed by atoms with van der Waals surface area (Å²) in [6, 6.07) is 5.24. The zero-order valence-corrected chi connectivity index (χ0v) is 11.7. The molecule has 19 heavy (non-hydrogen) atoms. The van der Waals surface area contributed by atoms with Crippen LogP contribution in [0.3, 0.4) is 0 Å². The summed E-state index contributed by atoms with van der Waals surface area (Å²) in [6.45, 7) is 6.06. The Labute approximate surface area is 114 Å². The highest BCUT2D eigenvalue weighted by atomic mass is 16.5. The van der Waals surface area contributed by atoms with E-state index in [4.69, 9.17) is 4.74 Å². The van der Waals surface area contributed by atoms with Gasteiger partial charge in [-0.3, -0.25) is 4.79 Å². The molecule has 1 aromatic carbocycles. The first-order valence-electron chi connectivity index (χ1n) is 6.47. The van der Waals surface area contributed by atoms with Crippen molar-refractivity contribution in [2.45, 2.75) is 33.8 Å². The Morgan fingerprint density at radius 1 is 1.42 bits per heavy atom. The van der Waals surface area contributed by atoms with Gasteiger partial charge in [-0.1, -0.05) is 13.0 Å². The Bertz CT molecular complexity index is 466. The fourth-order valence-electron chi connectivity index (χ4n) is 1.71. The molecule has 0 atom stereocenters. The maximum Gasteiger partial charge on any atom is 0.250 e. The molecule has 0 aliphatic rings. The average Bonchev–Trinajstić information content (AvgIpc) is 2.41. The second-order valence-electron chi connectivity index (χ2n) is 4.16. The summed E-state index contributed by atoms with van der Waals surface area (Å²) in [5.74, 6) is 0.513. The van der Waals surface area contributed by atoms with Crippen molar-refractivity contribution in [2.24, 2.45) is 0 Å². The summed E-state index contributed by atoms with van der Waals surface area (Å²) < 4.78 is 5.39. The predicted molar refractivity (Wildman–Crippen MR) is 76.2 cm³/mol. The molecule has 0 fully saturated rings. The van der Waals surface area contributed by atoms with Crippen molar-refractivity contribution in [3.05, 3.63) is 35.4 Å². The molecule has 4 heteroatoms. The molecular formula is C15H21NO3. The van der Waals surface area contributed by atoms with E-state index in [-0.39, 0.29) is 12.5 Å². The molecule has 1 amide bonds. The van der Waals surface area contributed by atoms with Gasteiger partial charge in [0.25, 0.3) is 5.91 Å². The number of rotatable bonds is 6. The van der Waals surface area contributed by atoms with Crippen LogP contribution >= 0.6 is 0 Å². The topological polar surface area (TPSA) is 58.6 Å². The van der Waals surface area contributed by atoms with Crippen molar-refractivity contribution in [3.8, 4) is 5.75 Å². The summed E-state index contributed by atoms with van der Waals surface area (Å²) in [5, 5.41) is 12.1. The Hall–Kier alpha value is -1.81. The lowest BCUT2D eigenvalue weighted by Gasteiger charge is -2.11. The highest BCUT2D eigenvalue weighted by molar-refractivity contribution is 6.03. The summed E-state index contributed by atoms with van der Waals surface area (Å²) in [4.78, 5) is 11.8. The summed E-state index contributed by atoms with van der Waals surface area (Å²) >= 11 is 0. The van der Waals surface area contributed by atoms with Crippen LogP contribution < -0.4 is 10.1 Å². The molecule has 0 saturated carbocycles. The molecule has 0 heterocycles. The number of anilines is 1. The van der Waals surface area contributed by atoms with Gasteiger partial charge in [-0.05, 0) is 38.5 Å². The van der Waals surface area contributed by atoms with Gasteiger partial charge in [0.05, 0.1) is 13.2 Å². The molecule has 0 unspecified atom stereocenters. The quantitative estimate of drug-likeness (QED) is 0.776. The number of carbonyl (C=O) groups excluding carboxylic acids is 1. The fourth-order valence-corrected chi connectivity index (χ4v) is 1.71. The van der Waals surface area contributed by atoms with Crippen LogP contribution in [0.15, 0.2) is 29.8 Å². The number of carbonyl (C=O) groups is 1. The van der Waals surface area contributed by atoms with E-state index in [1.54, 1.807) is 25.1 Å². The first-order chi connectivity index (χ1) is 9.12. The number of ether oxygens (including phenoxy) is 1. The molecule has 1 aromatic rings. The highest BCUT2D eigenvalue weighted by Crippen LogP contribution is 2.23. The van der Waals surface area contributed by atoms with E-state index in [9.17, 15) is 9.90 Å². The molecule has 4 nitrogen and oxygen atoms in total. The van der Waals surface area contributed by atoms with Crippen molar-refractivity contribution < 1.29 is 14.6 Å². The van der Waals surface area contributed by atoms with Gasteiger partial charge < -0.3 is 15.2 Å². The number of aliphatic hydroxyl groups excluding tert-OH is 1. The van der Waals surface area contributed by atoms with Gasteiger partial charge in [0, 0.05) is 16.8 Å². The maximum absolute atomic E-state index is 11.8. The molecule has 0 bridgehead atoms. The number of hydrogen-bond acceptors (Lipinski definition) is 3. The molecule has 0 aliphatic heterocycles. The molecule has 104 valence electrons. The number of allylic oxidation sites excluding steroid dienone is 1. The van der Waals surface area contributed by atoms with E-state index in [1.807, 2.05) is 19.9 Å². The van der Waals surface area contributed by atoms with Gasteiger partial charge in [0.15, 0.2) is 0 Å². The molecule has 0 aliphatic carbocycles. The van der Waals surface area contributed by atoms with Gasteiger partial charge >= 0.3 is 0 Å². The van der Waals surface area contributed by atoms with Crippen LogP contribution in [0.2, 0.25) is 0 Å². The Morgan fingerprint density at radius 3 is 2.74 bits per heavy atom. The molecule has 0 saturated heterocycles. The Balaban J connectivity index is 2.85. The minimum atomic E-state index is -0.130. The van der Waals surface area contributed by atoms with Gasteiger partial charge in [0.1, 0.15) is 5.75 Å². The number of hydrogen-bond donors (Lipinski definition) is 2. The van der Waals surface area contributed by atoms with Gasteiger partial charge in [-0.2, -0.15) is 0 Å². The van der Waals surface area contributed by atoms with Crippen molar-refractivity contribution in [1.29, 1.82) is 0 Å². The predicted octanol–water partition coefficient (Wildman–Crippen LogP) is 2.87. The number of amides is 1. The highest BCUT2D eigenvalue weighted by Gasteiger charge is 2.08. The zero-order chi connectivity index (χ0) is 14.3. The first kappa shape index (κ1) is 15.2. The lowest BCUT2D eigenvalue weighted by atomic mass is 10.1. The summed E-state index contributed by atoms with van der Waals surface area (Å²) in [6.07, 6.45) is 2.70. The van der Waals surface area contributed by atoms with E-state index >= 15 is 0 Å². The fraction of sp³-hybridized carbons (Fsp3) is 0.400.